The molecule has 0 unspecified atom stereocenters. The molecule has 0 saturated carbocycles. The van der Waals surface area contributed by atoms with Crippen molar-refractivity contribution in [3.8, 4) is 17.2 Å². The van der Waals surface area contributed by atoms with Crippen molar-refractivity contribution in [3.05, 3.63) is 53.1 Å². The van der Waals surface area contributed by atoms with Crippen molar-refractivity contribution in [2.75, 3.05) is 34.4 Å². The molecule has 1 saturated heterocycles. The summed E-state index contributed by atoms with van der Waals surface area (Å²) >= 11 is 0. The number of hydrogen-bond acceptors (Lipinski definition) is 5. The Hall–Kier alpha value is -2.73. The summed E-state index contributed by atoms with van der Waals surface area (Å²) < 4.78 is 16.0. The maximum atomic E-state index is 12.4. The molecular formula is C23H30N2O4. The van der Waals surface area contributed by atoms with Crippen LogP contribution < -0.4 is 19.5 Å². The largest absolute Gasteiger partial charge is 0.493 e. The third-order valence-electron chi connectivity index (χ3n) is 5.21. The summed E-state index contributed by atoms with van der Waals surface area (Å²) in [6, 6.07) is 12.1. The van der Waals surface area contributed by atoms with Crippen molar-refractivity contribution in [1.82, 2.24) is 10.2 Å². The number of benzene rings is 2. The summed E-state index contributed by atoms with van der Waals surface area (Å²) in [5.41, 5.74) is 3.21. The number of likely N-dealkylation sites (tertiary alicyclic amines) is 1. The second-order valence-electron chi connectivity index (χ2n) is 7.29. The zero-order valence-corrected chi connectivity index (χ0v) is 17.5. The van der Waals surface area contributed by atoms with Gasteiger partial charge in [0.15, 0.2) is 11.5 Å². The molecule has 156 valence electrons. The highest BCUT2D eigenvalue weighted by Crippen LogP contribution is 2.38. The summed E-state index contributed by atoms with van der Waals surface area (Å²) in [4.78, 5) is 14.9. The lowest BCUT2D eigenvalue weighted by Crippen LogP contribution is -2.24. The molecule has 0 bridgehead atoms. The number of ether oxygens (including phenoxy) is 3. The molecule has 1 N–H and O–H groups in total. The summed E-state index contributed by atoms with van der Waals surface area (Å²) in [5.74, 6) is 1.56. The molecule has 6 heteroatoms. The van der Waals surface area contributed by atoms with Crippen molar-refractivity contribution in [3.63, 3.8) is 0 Å². The maximum absolute atomic E-state index is 12.4. The van der Waals surface area contributed by atoms with Crippen LogP contribution in [0.15, 0.2) is 36.4 Å². The average molecular weight is 399 g/mol. The average Bonchev–Trinajstić information content (AvgIpc) is 3.25. The van der Waals surface area contributed by atoms with E-state index < -0.39 is 0 Å². The molecule has 1 fully saturated rings. The molecule has 6 nitrogen and oxygen atoms in total. The van der Waals surface area contributed by atoms with Crippen molar-refractivity contribution < 1.29 is 19.0 Å². The van der Waals surface area contributed by atoms with Crippen LogP contribution in [0, 0.1) is 0 Å². The van der Waals surface area contributed by atoms with Crippen molar-refractivity contribution in [2.45, 2.75) is 32.4 Å². The smallest absolute Gasteiger partial charge is 0.224 e. The van der Waals surface area contributed by atoms with E-state index in [-0.39, 0.29) is 12.3 Å². The minimum atomic E-state index is -0.0552. The van der Waals surface area contributed by atoms with E-state index in [2.05, 4.69) is 34.5 Å². The molecule has 29 heavy (non-hydrogen) atoms. The first kappa shape index (κ1) is 21.0. The van der Waals surface area contributed by atoms with Crippen LogP contribution in [0.5, 0.6) is 17.2 Å². The van der Waals surface area contributed by atoms with Gasteiger partial charge in [-0.3, -0.25) is 9.69 Å². The van der Waals surface area contributed by atoms with Gasteiger partial charge in [-0.1, -0.05) is 24.3 Å². The van der Waals surface area contributed by atoms with E-state index in [9.17, 15) is 4.79 Å². The number of carbonyl (C=O) groups excluding carboxylic acids is 1. The van der Waals surface area contributed by atoms with Gasteiger partial charge in [-0.15, -0.1) is 0 Å². The van der Waals surface area contributed by atoms with Gasteiger partial charge in [0, 0.05) is 13.1 Å². The van der Waals surface area contributed by atoms with E-state index in [0.29, 0.717) is 23.8 Å². The summed E-state index contributed by atoms with van der Waals surface area (Å²) in [7, 11) is 4.69. The second-order valence-corrected chi connectivity index (χ2v) is 7.29. The number of carbonyl (C=O) groups is 1. The summed E-state index contributed by atoms with van der Waals surface area (Å²) in [6.07, 6.45) is 2.84. The van der Waals surface area contributed by atoms with E-state index >= 15 is 0 Å². The summed E-state index contributed by atoms with van der Waals surface area (Å²) in [6.45, 7) is 3.90. The third-order valence-corrected chi connectivity index (χ3v) is 5.21. The number of methoxy groups -OCH3 is 3. The van der Waals surface area contributed by atoms with Gasteiger partial charge in [0.2, 0.25) is 11.7 Å². The normalized spacial score (nSPS) is 13.9. The van der Waals surface area contributed by atoms with E-state index in [4.69, 9.17) is 14.2 Å². The highest BCUT2D eigenvalue weighted by Gasteiger charge is 2.15. The topological polar surface area (TPSA) is 60.0 Å². The molecule has 0 aromatic heterocycles. The first-order valence-corrected chi connectivity index (χ1v) is 9.98. The molecule has 0 spiro atoms. The van der Waals surface area contributed by atoms with Gasteiger partial charge in [0.1, 0.15) is 0 Å². The fourth-order valence-corrected chi connectivity index (χ4v) is 3.65. The van der Waals surface area contributed by atoms with Crippen LogP contribution in [0.2, 0.25) is 0 Å². The number of amides is 1. The van der Waals surface area contributed by atoms with Crippen LogP contribution in [0.1, 0.15) is 29.5 Å². The zero-order valence-electron chi connectivity index (χ0n) is 17.5. The molecule has 1 amide bonds. The minimum absolute atomic E-state index is 0.0552. The Morgan fingerprint density at radius 1 is 0.897 bits per heavy atom. The van der Waals surface area contributed by atoms with E-state index in [1.54, 1.807) is 33.5 Å². The standard InChI is InChI=1S/C23H30N2O4/c1-27-20-12-19(13-21(28-2)23(20)29-3)14-22(26)24-15-17-6-8-18(9-7-17)16-25-10-4-5-11-25/h6-9,12-13H,4-5,10-11,14-16H2,1-3H3,(H,24,26). The molecule has 1 aliphatic heterocycles. The predicted molar refractivity (Wildman–Crippen MR) is 113 cm³/mol. The lowest BCUT2D eigenvalue weighted by atomic mass is 10.1. The third kappa shape index (κ3) is 5.64. The molecule has 2 aromatic rings. The predicted octanol–water partition coefficient (Wildman–Crippen LogP) is 3.17. The lowest BCUT2D eigenvalue weighted by Gasteiger charge is -2.15. The molecular weight excluding hydrogens is 368 g/mol. The van der Waals surface area contributed by atoms with Gasteiger partial charge in [0.05, 0.1) is 27.8 Å². The first-order chi connectivity index (χ1) is 14.1. The van der Waals surface area contributed by atoms with E-state index in [1.807, 2.05) is 0 Å². The van der Waals surface area contributed by atoms with Gasteiger partial charge in [-0.2, -0.15) is 0 Å². The molecule has 0 aliphatic carbocycles. The number of nitrogens with one attached hydrogen (secondary N) is 1. The van der Waals surface area contributed by atoms with Gasteiger partial charge >= 0.3 is 0 Å². The Morgan fingerprint density at radius 3 is 2.03 bits per heavy atom. The molecule has 0 radical (unpaired) electrons. The maximum Gasteiger partial charge on any atom is 0.224 e. The Balaban J connectivity index is 1.54. The van der Waals surface area contributed by atoms with Crippen LogP contribution in [0.25, 0.3) is 0 Å². The van der Waals surface area contributed by atoms with Crippen molar-refractivity contribution in [2.24, 2.45) is 0 Å². The quantitative estimate of drug-likeness (QED) is 0.703. The van der Waals surface area contributed by atoms with Crippen molar-refractivity contribution in [1.29, 1.82) is 0 Å². The van der Waals surface area contributed by atoms with Crippen LogP contribution in [-0.2, 0) is 24.3 Å². The van der Waals surface area contributed by atoms with Crippen LogP contribution in [0.3, 0.4) is 0 Å². The van der Waals surface area contributed by atoms with Crippen LogP contribution in [-0.4, -0.2) is 45.2 Å². The molecule has 1 heterocycles. The SMILES string of the molecule is COc1cc(CC(=O)NCc2ccc(CN3CCCC3)cc2)cc(OC)c1OC. The minimum Gasteiger partial charge on any atom is -0.493 e. The van der Waals surface area contributed by atoms with Gasteiger partial charge < -0.3 is 19.5 Å². The zero-order chi connectivity index (χ0) is 20.6. The van der Waals surface area contributed by atoms with Gasteiger partial charge in [-0.25, -0.2) is 0 Å². The summed E-state index contributed by atoms with van der Waals surface area (Å²) in [5, 5.41) is 2.98. The van der Waals surface area contributed by atoms with Gasteiger partial charge in [-0.05, 0) is 54.8 Å². The molecule has 2 aromatic carbocycles. The van der Waals surface area contributed by atoms with Gasteiger partial charge in [0.25, 0.3) is 0 Å². The Kier molecular flexibility index (Phi) is 7.36. The van der Waals surface area contributed by atoms with Crippen LogP contribution >= 0.6 is 0 Å². The lowest BCUT2D eigenvalue weighted by molar-refractivity contribution is -0.120. The molecule has 0 atom stereocenters. The van der Waals surface area contributed by atoms with E-state index in [1.165, 1.54) is 31.5 Å². The Bertz CT molecular complexity index is 789. The number of nitrogens with zero attached hydrogens (tertiary/aromatic N) is 1. The number of rotatable bonds is 9. The fourth-order valence-electron chi connectivity index (χ4n) is 3.65. The Morgan fingerprint density at radius 2 is 1.48 bits per heavy atom. The fraction of sp³-hybridized carbons (Fsp3) is 0.435. The van der Waals surface area contributed by atoms with E-state index in [0.717, 1.165) is 17.7 Å². The second kappa shape index (κ2) is 10.2. The highest BCUT2D eigenvalue weighted by atomic mass is 16.5. The van der Waals surface area contributed by atoms with Crippen LogP contribution in [0.4, 0.5) is 0 Å². The molecule has 3 rings (SSSR count). The molecule has 1 aliphatic rings. The Labute approximate surface area is 172 Å². The van der Waals surface area contributed by atoms with Crippen molar-refractivity contribution >= 4 is 5.91 Å². The highest BCUT2D eigenvalue weighted by molar-refractivity contribution is 5.79. The monoisotopic (exact) mass is 398 g/mol. The first-order valence-electron chi connectivity index (χ1n) is 9.98. The number of hydrogen-bond donors (Lipinski definition) is 1.